The van der Waals surface area contributed by atoms with E-state index in [1.165, 1.54) is 0 Å². The van der Waals surface area contributed by atoms with Crippen molar-refractivity contribution < 1.29 is 5.11 Å². The van der Waals surface area contributed by atoms with Gasteiger partial charge >= 0.3 is 0 Å². The number of nitrogens with zero attached hydrogens (tertiary/aromatic N) is 3. The van der Waals surface area contributed by atoms with Crippen LogP contribution < -0.4 is 4.90 Å². The monoisotopic (exact) mass is 179 g/mol. The minimum absolute atomic E-state index is 0.121. The summed E-state index contributed by atoms with van der Waals surface area (Å²) in [7, 11) is 1.99. The molecule has 0 bridgehead atoms. The quantitative estimate of drug-likeness (QED) is 0.715. The summed E-state index contributed by atoms with van der Waals surface area (Å²) >= 11 is 0. The number of aromatic nitrogens is 2. The lowest BCUT2D eigenvalue weighted by Gasteiger charge is -2.38. The van der Waals surface area contributed by atoms with Gasteiger partial charge in [0.15, 0.2) is 5.82 Å². The first-order valence-corrected chi connectivity index (χ1v) is 4.46. The highest BCUT2D eigenvalue weighted by Crippen LogP contribution is 2.26. The van der Waals surface area contributed by atoms with Crippen LogP contribution in [0.1, 0.15) is 12.8 Å². The van der Waals surface area contributed by atoms with Gasteiger partial charge in [-0.1, -0.05) is 0 Å². The Balaban J connectivity index is 2.02. The minimum atomic E-state index is -0.121. The predicted octanol–water partition coefficient (Wildman–Crippen LogP) is 0.436. The van der Waals surface area contributed by atoms with E-state index >= 15 is 0 Å². The summed E-state index contributed by atoms with van der Waals surface area (Å²) in [6.45, 7) is 0. The first kappa shape index (κ1) is 8.44. The fraction of sp³-hybridized carbons (Fsp3) is 0.556. The van der Waals surface area contributed by atoms with Gasteiger partial charge in [-0.05, 0) is 25.0 Å². The molecule has 1 fully saturated rings. The fourth-order valence-corrected chi connectivity index (χ4v) is 1.54. The number of rotatable bonds is 2. The zero-order valence-corrected chi connectivity index (χ0v) is 7.59. The SMILES string of the molecule is CN(c1cccnn1)C1CC(O)C1. The lowest BCUT2D eigenvalue weighted by atomic mass is 9.88. The minimum Gasteiger partial charge on any atom is -0.393 e. The van der Waals surface area contributed by atoms with E-state index in [9.17, 15) is 0 Å². The molecular formula is C9H13N3O. The van der Waals surface area contributed by atoms with Gasteiger partial charge in [-0.25, -0.2) is 0 Å². The molecule has 4 nitrogen and oxygen atoms in total. The van der Waals surface area contributed by atoms with Crippen LogP contribution in [0.2, 0.25) is 0 Å². The van der Waals surface area contributed by atoms with Crippen molar-refractivity contribution in [3.05, 3.63) is 18.3 Å². The molecule has 1 saturated carbocycles. The van der Waals surface area contributed by atoms with Crippen LogP contribution in [-0.2, 0) is 0 Å². The highest BCUT2D eigenvalue weighted by atomic mass is 16.3. The average Bonchev–Trinajstić information content (AvgIpc) is 2.13. The topological polar surface area (TPSA) is 49.2 Å². The van der Waals surface area contributed by atoms with Gasteiger partial charge in [0.1, 0.15) is 0 Å². The van der Waals surface area contributed by atoms with Crippen LogP contribution in [0.3, 0.4) is 0 Å². The summed E-state index contributed by atoms with van der Waals surface area (Å²) in [5, 5.41) is 17.0. The van der Waals surface area contributed by atoms with Gasteiger partial charge in [0.05, 0.1) is 6.10 Å². The third-order valence-corrected chi connectivity index (χ3v) is 2.56. The maximum Gasteiger partial charge on any atom is 0.151 e. The lowest BCUT2D eigenvalue weighted by Crippen LogP contribution is -2.45. The summed E-state index contributed by atoms with van der Waals surface area (Å²) in [4.78, 5) is 2.07. The molecule has 13 heavy (non-hydrogen) atoms. The molecule has 0 aliphatic heterocycles. The molecule has 70 valence electrons. The molecule has 2 rings (SSSR count). The molecule has 0 atom stereocenters. The van der Waals surface area contributed by atoms with E-state index in [-0.39, 0.29) is 6.10 Å². The Kier molecular flexibility index (Phi) is 2.14. The molecule has 1 aromatic rings. The maximum atomic E-state index is 9.15. The van der Waals surface area contributed by atoms with E-state index in [0.717, 1.165) is 18.7 Å². The van der Waals surface area contributed by atoms with E-state index < -0.39 is 0 Å². The molecule has 0 radical (unpaired) electrons. The predicted molar refractivity (Wildman–Crippen MR) is 49.5 cm³/mol. The van der Waals surface area contributed by atoms with Gasteiger partial charge < -0.3 is 10.0 Å². The number of hydrogen-bond acceptors (Lipinski definition) is 4. The molecule has 1 heterocycles. The van der Waals surface area contributed by atoms with Crippen LogP contribution in [0.15, 0.2) is 18.3 Å². The number of aliphatic hydroxyl groups is 1. The van der Waals surface area contributed by atoms with Crippen LogP contribution in [0, 0.1) is 0 Å². The Morgan fingerprint density at radius 3 is 2.85 bits per heavy atom. The van der Waals surface area contributed by atoms with E-state index in [4.69, 9.17) is 5.11 Å². The van der Waals surface area contributed by atoms with E-state index in [0.29, 0.717) is 6.04 Å². The Morgan fingerprint density at radius 1 is 1.54 bits per heavy atom. The zero-order valence-electron chi connectivity index (χ0n) is 7.59. The largest absolute Gasteiger partial charge is 0.393 e. The van der Waals surface area contributed by atoms with Crippen molar-refractivity contribution in [3.8, 4) is 0 Å². The molecular weight excluding hydrogens is 166 g/mol. The van der Waals surface area contributed by atoms with Crippen LogP contribution in [0.25, 0.3) is 0 Å². The molecule has 0 amide bonds. The normalized spacial score (nSPS) is 26.6. The highest BCUT2D eigenvalue weighted by Gasteiger charge is 2.30. The zero-order chi connectivity index (χ0) is 9.26. The average molecular weight is 179 g/mol. The van der Waals surface area contributed by atoms with Gasteiger partial charge in [-0.3, -0.25) is 0 Å². The van der Waals surface area contributed by atoms with Crippen molar-refractivity contribution in [2.45, 2.75) is 25.0 Å². The maximum absolute atomic E-state index is 9.15. The standard InChI is InChI=1S/C9H13N3O/c1-12(7-5-8(13)6-7)9-3-2-4-10-11-9/h2-4,7-8,13H,5-6H2,1H3. The van der Waals surface area contributed by atoms with Gasteiger partial charge in [-0.15, -0.1) is 5.10 Å². The summed E-state index contributed by atoms with van der Waals surface area (Å²) in [6.07, 6.45) is 3.22. The van der Waals surface area contributed by atoms with Crippen molar-refractivity contribution in [3.63, 3.8) is 0 Å². The second-order valence-electron chi connectivity index (χ2n) is 3.47. The fourth-order valence-electron chi connectivity index (χ4n) is 1.54. The second-order valence-corrected chi connectivity index (χ2v) is 3.47. The molecule has 1 aromatic heterocycles. The first-order valence-electron chi connectivity index (χ1n) is 4.46. The van der Waals surface area contributed by atoms with Gasteiger partial charge in [-0.2, -0.15) is 5.10 Å². The van der Waals surface area contributed by atoms with Crippen LogP contribution in [0.5, 0.6) is 0 Å². The smallest absolute Gasteiger partial charge is 0.151 e. The van der Waals surface area contributed by atoms with Crippen molar-refractivity contribution in [2.24, 2.45) is 0 Å². The van der Waals surface area contributed by atoms with Crippen molar-refractivity contribution in [1.82, 2.24) is 10.2 Å². The summed E-state index contributed by atoms with van der Waals surface area (Å²) in [6, 6.07) is 4.22. The van der Waals surface area contributed by atoms with E-state index in [2.05, 4.69) is 15.1 Å². The Bertz CT molecular complexity index is 271. The molecule has 1 aliphatic rings. The van der Waals surface area contributed by atoms with Gasteiger partial charge in [0.2, 0.25) is 0 Å². The highest BCUT2D eigenvalue weighted by molar-refractivity contribution is 5.37. The molecule has 1 N–H and O–H groups in total. The number of hydrogen-bond donors (Lipinski definition) is 1. The van der Waals surface area contributed by atoms with Crippen molar-refractivity contribution >= 4 is 5.82 Å². The number of aliphatic hydroxyl groups excluding tert-OH is 1. The molecule has 4 heteroatoms. The molecule has 0 saturated heterocycles. The van der Waals surface area contributed by atoms with Crippen molar-refractivity contribution in [2.75, 3.05) is 11.9 Å². The third kappa shape index (κ3) is 1.62. The molecule has 0 aromatic carbocycles. The summed E-state index contributed by atoms with van der Waals surface area (Å²) in [5.41, 5.74) is 0. The van der Waals surface area contributed by atoms with E-state index in [1.54, 1.807) is 6.20 Å². The van der Waals surface area contributed by atoms with Gasteiger partial charge in [0, 0.05) is 19.3 Å². The summed E-state index contributed by atoms with van der Waals surface area (Å²) < 4.78 is 0. The Morgan fingerprint density at radius 2 is 2.31 bits per heavy atom. The molecule has 0 spiro atoms. The van der Waals surface area contributed by atoms with Crippen molar-refractivity contribution in [1.29, 1.82) is 0 Å². The first-order chi connectivity index (χ1) is 6.27. The summed E-state index contributed by atoms with van der Waals surface area (Å²) in [5.74, 6) is 0.874. The van der Waals surface area contributed by atoms with Crippen LogP contribution >= 0.6 is 0 Å². The molecule has 1 aliphatic carbocycles. The third-order valence-electron chi connectivity index (χ3n) is 2.56. The Labute approximate surface area is 77.2 Å². The second kappa shape index (κ2) is 3.30. The number of anilines is 1. The van der Waals surface area contributed by atoms with E-state index in [1.807, 2.05) is 19.2 Å². The Hall–Kier alpha value is -1.16. The van der Waals surface area contributed by atoms with Crippen LogP contribution in [0.4, 0.5) is 5.82 Å². The lowest BCUT2D eigenvalue weighted by molar-refractivity contribution is 0.0748. The van der Waals surface area contributed by atoms with Crippen LogP contribution in [-0.4, -0.2) is 34.5 Å². The molecule has 0 unspecified atom stereocenters. The van der Waals surface area contributed by atoms with Gasteiger partial charge in [0.25, 0.3) is 0 Å².